The molecule has 0 aliphatic rings. The van der Waals surface area contributed by atoms with Crippen molar-refractivity contribution in [2.45, 2.75) is 27.7 Å². The van der Waals surface area contributed by atoms with Gasteiger partial charge in [-0.25, -0.2) is 0 Å². The van der Waals surface area contributed by atoms with Crippen molar-refractivity contribution in [3.63, 3.8) is 0 Å². The van der Waals surface area contributed by atoms with Gasteiger partial charge in [-0.15, -0.1) is 0 Å². The summed E-state index contributed by atoms with van der Waals surface area (Å²) in [6.07, 6.45) is 0. The van der Waals surface area contributed by atoms with Gasteiger partial charge in [-0.1, -0.05) is 6.07 Å². The van der Waals surface area contributed by atoms with Crippen LogP contribution in [0, 0.1) is 39.0 Å². The first-order valence-electron chi connectivity index (χ1n) is 8.41. The number of nitriles is 1. The molecule has 27 heavy (non-hydrogen) atoms. The zero-order valence-electron chi connectivity index (χ0n) is 15.7. The van der Waals surface area contributed by atoms with E-state index >= 15 is 0 Å². The number of rotatable bonds is 4. The molecule has 0 aliphatic heterocycles. The van der Waals surface area contributed by atoms with Crippen molar-refractivity contribution in [2.75, 3.05) is 11.1 Å². The normalized spacial score (nSPS) is 10.3. The van der Waals surface area contributed by atoms with Gasteiger partial charge in [0.2, 0.25) is 11.9 Å². The van der Waals surface area contributed by atoms with Crippen molar-refractivity contribution in [3.8, 4) is 17.8 Å². The van der Waals surface area contributed by atoms with Crippen molar-refractivity contribution in [3.05, 3.63) is 58.1 Å². The molecule has 0 bridgehead atoms. The van der Waals surface area contributed by atoms with Crippen LogP contribution in [0.25, 0.3) is 0 Å². The number of hydrogen-bond acceptors (Lipinski definition) is 7. The van der Waals surface area contributed by atoms with Crippen LogP contribution in [0.5, 0.6) is 11.8 Å². The summed E-state index contributed by atoms with van der Waals surface area (Å²) in [5.41, 5.74) is 11.4. The maximum Gasteiger partial charge on any atom is 0.328 e. The Bertz CT molecular complexity index is 1010. The predicted molar refractivity (Wildman–Crippen MR) is 104 cm³/mol. The third-order valence-electron chi connectivity index (χ3n) is 4.39. The van der Waals surface area contributed by atoms with Gasteiger partial charge in [0.25, 0.3) is 0 Å². The third kappa shape index (κ3) is 3.96. The number of aromatic nitrogens is 3. The molecular formula is C20H20N6O. The first kappa shape index (κ1) is 18.1. The number of nitrogen functional groups attached to an aromatic ring is 1. The maximum absolute atomic E-state index is 8.88. The quantitative estimate of drug-likeness (QED) is 0.721. The molecular weight excluding hydrogens is 340 g/mol. The molecule has 3 rings (SSSR count). The highest BCUT2D eigenvalue weighted by Crippen LogP contribution is 2.32. The summed E-state index contributed by atoms with van der Waals surface area (Å²) in [4.78, 5) is 12.5. The molecule has 0 amide bonds. The summed E-state index contributed by atoms with van der Waals surface area (Å²) in [5, 5.41) is 11.9. The van der Waals surface area contributed by atoms with Gasteiger partial charge in [0.05, 0.1) is 11.6 Å². The molecule has 0 fully saturated rings. The number of anilines is 3. The lowest BCUT2D eigenvalue weighted by atomic mass is 10.0. The van der Waals surface area contributed by atoms with E-state index in [1.54, 1.807) is 24.3 Å². The lowest BCUT2D eigenvalue weighted by molar-refractivity contribution is 0.434. The summed E-state index contributed by atoms with van der Waals surface area (Å²) in [6, 6.07) is 11.2. The van der Waals surface area contributed by atoms with Gasteiger partial charge >= 0.3 is 6.01 Å². The summed E-state index contributed by atoms with van der Waals surface area (Å²) in [6.45, 7) is 8.07. The fourth-order valence-corrected chi connectivity index (χ4v) is 2.66. The lowest BCUT2D eigenvalue weighted by Crippen LogP contribution is -2.06. The number of nitrogens with two attached hydrogens (primary N) is 1. The van der Waals surface area contributed by atoms with Crippen LogP contribution in [0.15, 0.2) is 30.3 Å². The minimum Gasteiger partial charge on any atom is -0.424 e. The highest BCUT2D eigenvalue weighted by Gasteiger charge is 2.14. The molecule has 2 aromatic carbocycles. The SMILES string of the molecule is Cc1cc(C)c(C)c(Oc2nc(N)nc(Nc3ccc(C#N)cc3)n2)c1C. The highest BCUT2D eigenvalue weighted by atomic mass is 16.5. The van der Waals surface area contributed by atoms with Crippen LogP contribution in [0.3, 0.4) is 0 Å². The zero-order valence-corrected chi connectivity index (χ0v) is 15.7. The number of aryl methyl sites for hydroxylation is 2. The largest absolute Gasteiger partial charge is 0.424 e. The second-order valence-electron chi connectivity index (χ2n) is 6.31. The van der Waals surface area contributed by atoms with E-state index in [1.165, 1.54) is 0 Å². The second-order valence-corrected chi connectivity index (χ2v) is 6.31. The number of hydrogen-bond donors (Lipinski definition) is 2. The number of benzene rings is 2. The van der Waals surface area contributed by atoms with E-state index in [0.29, 0.717) is 5.56 Å². The minimum absolute atomic E-state index is 0.0517. The van der Waals surface area contributed by atoms with E-state index < -0.39 is 0 Å². The van der Waals surface area contributed by atoms with Gasteiger partial charge in [0.1, 0.15) is 5.75 Å². The Kier molecular flexibility index (Phi) is 4.90. The smallest absolute Gasteiger partial charge is 0.328 e. The minimum atomic E-state index is 0.0517. The van der Waals surface area contributed by atoms with E-state index in [4.69, 9.17) is 15.7 Å². The van der Waals surface area contributed by atoms with E-state index in [0.717, 1.165) is 33.7 Å². The van der Waals surface area contributed by atoms with Crippen LogP contribution in [-0.2, 0) is 0 Å². The Morgan fingerprint density at radius 2 is 1.59 bits per heavy atom. The molecule has 3 N–H and O–H groups in total. The molecule has 0 spiro atoms. The second kappa shape index (κ2) is 7.30. The van der Waals surface area contributed by atoms with Gasteiger partial charge in [0, 0.05) is 5.69 Å². The van der Waals surface area contributed by atoms with Gasteiger partial charge in [-0.2, -0.15) is 20.2 Å². The van der Waals surface area contributed by atoms with E-state index in [-0.39, 0.29) is 17.9 Å². The van der Waals surface area contributed by atoms with Crippen LogP contribution in [0.2, 0.25) is 0 Å². The van der Waals surface area contributed by atoms with Gasteiger partial charge in [0.15, 0.2) is 0 Å². The van der Waals surface area contributed by atoms with Gasteiger partial charge in [-0.3, -0.25) is 0 Å². The molecule has 7 heteroatoms. The molecule has 0 saturated heterocycles. The average Bonchev–Trinajstić information content (AvgIpc) is 2.64. The standard InChI is InChI=1S/C20H20N6O/c1-11-9-12(2)14(4)17(13(11)3)27-20-25-18(22)24-19(26-20)23-16-7-5-15(10-21)6-8-16/h5-9H,1-4H3,(H3,22,23,24,25,26). The van der Waals surface area contributed by atoms with Crippen molar-refractivity contribution in [2.24, 2.45) is 0 Å². The summed E-state index contributed by atoms with van der Waals surface area (Å²) in [5.74, 6) is 1.04. The molecule has 1 heterocycles. The molecule has 136 valence electrons. The first-order valence-corrected chi connectivity index (χ1v) is 8.41. The Morgan fingerprint density at radius 3 is 2.19 bits per heavy atom. The zero-order chi connectivity index (χ0) is 19.6. The Hall–Kier alpha value is -3.66. The molecule has 0 aliphatic carbocycles. The molecule has 0 atom stereocenters. The number of nitrogens with zero attached hydrogens (tertiary/aromatic N) is 4. The van der Waals surface area contributed by atoms with Crippen LogP contribution >= 0.6 is 0 Å². The van der Waals surface area contributed by atoms with E-state index in [9.17, 15) is 0 Å². The maximum atomic E-state index is 8.88. The van der Waals surface area contributed by atoms with Gasteiger partial charge < -0.3 is 15.8 Å². The van der Waals surface area contributed by atoms with Crippen molar-refractivity contribution in [1.82, 2.24) is 15.0 Å². The molecule has 0 saturated carbocycles. The van der Waals surface area contributed by atoms with Crippen LogP contribution in [-0.4, -0.2) is 15.0 Å². The summed E-state index contributed by atoms with van der Waals surface area (Å²) >= 11 is 0. The van der Waals surface area contributed by atoms with Crippen molar-refractivity contribution in [1.29, 1.82) is 5.26 Å². The van der Waals surface area contributed by atoms with E-state index in [1.807, 2.05) is 27.7 Å². The van der Waals surface area contributed by atoms with Crippen LogP contribution in [0.1, 0.15) is 27.8 Å². The molecule has 3 aromatic rings. The van der Waals surface area contributed by atoms with Gasteiger partial charge in [-0.05, 0) is 74.2 Å². The lowest BCUT2D eigenvalue weighted by Gasteiger charge is -2.15. The Morgan fingerprint density at radius 1 is 0.963 bits per heavy atom. The fraction of sp³-hybridized carbons (Fsp3) is 0.200. The van der Waals surface area contributed by atoms with Crippen molar-refractivity contribution < 1.29 is 4.74 Å². The molecule has 0 radical (unpaired) electrons. The molecule has 7 nitrogen and oxygen atoms in total. The average molecular weight is 360 g/mol. The topological polar surface area (TPSA) is 110 Å². The Labute approximate surface area is 157 Å². The molecule has 0 unspecified atom stereocenters. The number of nitrogens with one attached hydrogen (secondary N) is 1. The first-order chi connectivity index (χ1) is 12.9. The highest BCUT2D eigenvalue weighted by molar-refractivity contribution is 5.56. The van der Waals surface area contributed by atoms with Crippen LogP contribution in [0.4, 0.5) is 17.6 Å². The Balaban J connectivity index is 1.91. The number of ether oxygens (including phenoxy) is 1. The third-order valence-corrected chi connectivity index (χ3v) is 4.39. The molecule has 1 aromatic heterocycles. The summed E-state index contributed by atoms with van der Waals surface area (Å²) < 4.78 is 5.97. The fourth-order valence-electron chi connectivity index (χ4n) is 2.66. The van der Waals surface area contributed by atoms with Crippen LogP contribution < -0.4 is 15.8 Å². The van der Waals surface area contributed by atoms with E-state index in [2.05, 4.69) is 32.4 Å². The predicted octanol–water partition coefficient (Wildman–Crippen LogP) is 4.10. The van der Waals surface area contributed by atoms with Crippen molar-refractivity contribution >= 4 is 17.6 Å². The summed E-state index contributed by atoms with van der Waals surface area (Å²) in [7, 11) is 0. The monoisotopic (exact) mass is 360 g/mol.